The highest BCUT2D eigenvalue weighted by atomic mass is 79.9. The minimum atomic E-state index is 0.534. The fraction of sp³-hybridized carbons (Fsp3) is 0.300. The van der Waals surface area contributed by atoms with Crippen molar-refractivity contribution in [3.05, 3.63) is 27.9 Å². The van der Waals surface area contributed by atoms with Crippen molar-refractivity contribution in [1.29, 1.82) is 0 Å². The van der Waals surface area contributed by atoms with Gasteiger partial charge in [-0.15, -0.1) is 0 Å². The summed E-state index contributed by atoms with van der Waals surface area (Å²) >= 11 is 3.50. The highest BCUT2D eigenvalue weighted by Gasteiger charge is 2.07. The Bertz CT molecular complexity index is 488. The second kappa shape index (κ2) is 3.37. The van der Waals surface area contributed by atoms with Crippen molar-refractivity contribution in [2.75, 3.05) is 0 Å². The van der Waals surface area contributed by atoms with E-state index < -0.39 is 0 Å². The number of aromatic nitrogens is 2. The Hall–Kier alpha value is -0.870. The molecule has 4 heteroatoms. The lowest BCUT2D eigenvalue weighted by molar-refractivity contribution is 0.751. The van der Waals surface area contributed by atoms with Crippen molar-refractivity contribution in [3.63, 3.8) is 0 Å². The van der Waals surface area contributed by atoms with Gasteiger partial charge in [0.1, 0.15) is 0 Å². The van der Waals surface area contributed by atoms with Crippen LogP contribution in [0.2, 0.25) is 0 Å². The monoisotopic (exact) mass is 253 g/mol. The Morgan fingerprint density at radius 1 is 1.50 bits per heavy atom. The first-order chi connectivity index (χ1) is 6.63. The van der Waals surface area contributed by atoms with E-state index >= 15 is 0 Å². The summed E-state index contributed by atoms with van der Waals surface area (Å²) in [6, 6.07) is 4.12. The van der Waals surface area contributed by atoms with Gasteiger partial charge in [0.05, 0.1) is 5.52 Å². The summed E-state index contributed by atoms with van der Waals surface area (Å²) < 4.78 is 2.95. The van der Waals surface area contributed by atoms with Gasteiger partial charge < -0.3 is 5.73 Å². The number of halogens is 1. The summed E-state index contributed by atoms with van der Waals surface area (Å²) in [5.74, 6) is 0. The lowest BCUT2D eigenvalue weighted by Crippen LogP contribution is -1.96. The molecule has 0 aliphatic rings. The van der Waals surface area contributed by atoms with E-state index in [1.807, 2.05) is 17.8 Å². The second-order valence-corrected chi connectivity index (χ2v) is 4.23. The molecule has 0 aliphatic heterocycles. The number of nitrogens with zero attached hydrogens (tertiary/aromatic N) is 2. The fourth-order valence-corrected chi connectivity index (χ4v) is 2.05. The van der Waals surface area contributed by atoms with Crippen LogP contribution in [0.4, 0.5) is 0 Å². The molecule has 0 saturated carbocycles. The predicted molar refractivity (Wildman–Crippen MR) is 61.0 cm³/mol. The molecule has 2 N–H and O–H groups in total. The number of benzene rings is 1. The van der Waals surface area contributed by atoms with Crippen LogP contribution in [-0.2, 0) is 13.6 Å². The minimum Gasteiger partial charge on any atom is -0.326 e. The average molecular weight is 254 g/mol. The third kappa shape index (κ3) is 1.35. The number of fused-ring (bicyclic) bond motifs is 1. The molecule has 0 aliphatic carbocycles. The van der Waals surface area contributed by atoms with Gasteiger partial charge in [0.2, 0.25) is 0 Å². The third-order valence-electron chi connectivity index (χ3n) is 2.52. The molecule has 0 radical (unpaired) electrons. The van der Waals surface area contributed by atoms with Crippen LogP contribution in [0, 0.1) is 6.92 Å². The molecule has 2 aromatic rings. The first-order valence-electron chi connectivity index (χ1n) is 4.45. The molecule has 0 spiro atoms. The van der Waals surface area contributed by atoms with Crippen LogP contribution in [0.15, 0.2) is 16.6 Å². The summed E-state index contributed by atoms with van der Waals surface area (Å²) in [5.41, 5.74) is 8.89. The van der Waals surface area contributed by atoms with E-state index in [1.165, 1.54) is 11.1 Å². The second-order valence-electron chi connectivity index (χ2n) is 3.37. The van der Waals surface area contributed by atoms with Crippen molar-refractivity contribution in [3.8, 4) is 0 Å². The maximum absolute atomic E-state index is 5.62. The summed E-state index contributed by atoms with van der Waals surface area (Å²) in [7, 11) is 1.95. The van der Waals surface area contributed by atoms with Gasteiger partial charge in [0, 0.05) is 29.1 Å². The van der Waals surface area contributed by atoms with E-state index in [0.29, 0.717) is 6.54 Å². The van der Waals surface area contributed by atoms with E-state index in [9.17, 15) is 0 Å². The quantitative estimate of drug-likeness (QED) is 0.846. The molecule has 0 saturated heterocycles. The SMILES string of the molecule is Cc1c2cc(Br)c(CN)cc2nn1C. The first-order valence-corrected chi connectivity index (χ1v) is 5.24. The molecule has 0 unspecified atom stereocenters. The van der Waals surface area contributed by atoms with E-state index in [4.69, 9.17) is 5.73 Å². The maximum atomic E-state index is 5.62. The van der Waals surface area contributed by atoms with E-state index in [1.54, 1.807) is 0 Å². The number of nitrogens with two attached hydrogens (primary N) is 1. The third-order valence-corrected chi connectivity index (χ3v) is 3.26. The largest absolute Gasteiger partial charge is 0.326 e. The maximum Gasteiger partial charge on any atom is 0.0930 e. The molecule has 2 rings (SSSR count). The van der Waals surface area contributed by atoms with Crippen LogP contribution in [0.25, 0.3) is 10.9 Å². The molecule has 1 aromatic carbocycles. The van der Waals surface area contributed by atoms with Gasteiger partial charge in [-0.05, 0) is 24.6 Å². The molecule has 1 aromatic heterocycles. The van der Waals surface area contributed by atoms with E-state index in [0.717, 1.165) is 15.6 Å². The number of hydrogen-bond donors (Lipinski definition) is 1. The number of rotatable bonds is 1. The average Bonchev–Trinajstić information content (AvgIpc) is 2.43. The van der Waals surface area contributed by atoms with Crippen LogP contribution in [0.3, 0.4) is 0 Å². The standard InChI is InChI=1S/C10H12BrN3/c1-6-8-4-9(11)7(5-12)3-10(8)13-14(6)2/h3-4H,5,12H2,1-2H3. The van der Waals surface area contributed by atoms with E-state index in [-0.39, 0.29) is 0 Å². The van der Waals surface area contributed by atoms with Crippen molar-refractivity contribution >= 4 is 26.8 Å². The Morgan fingerprint density at radius 3 is 2.86 bits per heavy atom. The van der Waals surface area contributed by atoms with Crippen molar-refractivity contribution in [2.24, 2.45) is 12.8 Å². The minimum absolute atomic E-state index is 0.534. The normalized spacial score (nSPS) is 11.1. The zero-order chi connectivity index (χ0) is 10.3. The molecule has 1 heterocycles. The molecule has 0 atom stereocenters. The highest BCUT2D eigenvalue weighted by molar-refractivity contribution is 9.10. The first kappa shape index (κ1) is 9.68. The summed E-state index contributed by atoms with van der Waals surface area (Å²) in [6.45, 7) is 2.59. The fourth-order valence-electron chi connectivity index (χ4n) is 1.54. The van der Waals surface area contributed by atoms with Crippen molar-refractivity contribution in [1.82, 2.24) is 9.78 Å². The molecule has 0 amide bonds. The molecule has 0 bridgehead atoms. The number of hydrogen-bond acceptors (Lipinski definition) is 2. The van der Waals surface area contributed by atoms with Crippen LogP contribution in [0.5, 0.6) is 0 Å². The van der Waals surface area contributed by atoms with Crippen LogP contribution in [0.1, 0.15) is 11.3 Å². The molecule has 74 valence electrons. The van der Waals surface area contributed by atoms with Gasteiger partial charge in [-0.2, -0.15) is 5.10 Å². The topological polar surface area (TPSA) is 43.8 Å². The molecular weight excluding hydrogens is 242 g/mol. The van der Waals surface area contributed by atoms with Gasteiger partial charge in [0.15, 0.2) is 0 Å². The predicted octanol–water partition coefficient (Wildman–Crippen LogP) is 2.10. The van der Waals surface area contributed by atoms with Gasteiger partial charge in [0.25, 0.3) is 0 Å². The summed E-state index contributed by atoms with van der Waals surface area (Å²) in [4.78, 5) is 0. The van der Waals surface area contributed by atoms with Crippen molar-refractivity contribution < 1.29 is 0 Å². The zero-order valence-electron chi connectivity index (χ0n) is 8.21. The Labute approximate surface area is 91.0 Å². The lowest BCUT2D eigenvalue weighted by atomic mass is 10.1. The Balaban J connectivity index is 2.79. The Kier molecular flexibility index (Phi) is 2.33. The van der Waals surface area contributed by atoms with Gasteiger partial charge >= 0.3 is 0 Å². The molecular formula is C10H12BrN3. The number of aryl methyl sites for hydroxylation is 2. The van der Waals surface area contributed by atoms with Gasteiger partial charge in [-0.3, -0.25) is 4.68 Å². The van der Waals surface area contributed by atoms with Crippen LogP contribution >= 0.6 is 15.9 Å². The molecule has 0 fully saturated rings. The van der Waals surface area contributed by atoms with Crippen LogP contribution < -0.4 is 5.73 Å². The molecule has 3 nitrogen and oxygen atoms in total. The zero-order valence-corrected chi connectivity index (χ0v) is 9.80. The lowest BCUT2D eigenvalue weighted by Gasteiger charge is -2.00. The summed E-state index contributed by atoms with van der Waals surface area (Å²) in [6.07, 6.45) is 0. The van der Waals surface area contributed by atoms with Gasteiger partial charge in [-0.25, -0.2) is 0 Å². The smallest absolute Gasteiger partial charge is 0.0930 e. The van der Waals surface area contributed by atoms with E-state index in [2.05, 4.69) is 34.0 Å². The Morgan fingerprint density at radius 2 is 2.21 bits per heavy atom. The van der Waals surface area contributed by atoms with Crippen molar-refractivity contribution in [2.45, 2.75) is 13.5 Å². The highest BCUT2D eigenvalue weighted by Crippen LogP contribution is 2.25. The molecule has 14 heavy (non-hydrogen) atoms. The van der Waals surface area contributed by atoms with Gasteiger partial charge in [-0.1, -0.05) is 15.9 Å². The summed E-state index contributed by atoms with van der Waals surface area (Å²) in [5, 5.41) is 5.58. The van der Waals surface area contributed by atoms with Crippen LogP contribution in [-0.4, -0.2) is 9.78 Å².